The number of rotatable bonds is 7. The van der Waals surface area contributed by atoms with E-state index in [1.807, 2.05) is 0 Å². The number of amides is 1. The number of pyridine rings is 1. The summed E-state index contributed by atoms with van der Waals surface area (Å²) in [6.07, 6.45) is 4.01. The molecule has 1 aromatic heterocycles. The Morgan fingerprint density at radius 1 is 1.59 bits per heavy atom. The molecule has 0 saturated heterocycles. The van der Waals surface area contributed by atoms with Crippen LogP contribution in [0.1, 0.15) is 16.9 Å². The lowest BCUT2D eigenvalue weighted by atomic mass is 10.3. The molecule has 1 heterocycles. The molecular weight excluding hydrogens is 220 g/mol. The topological polar surface area (TPSA) is 71.5 Å². The van der Waals surface area contributed by atoms with Crippen molar-refractivity contribution in [2.24, 2.45) is 0 Å². The van der Waals surface area contributed by atoms with Crippen molar-refractivity contribution >= 4 is 5.91 Å². The Labute approximate surface area is 100 Å². The maximum Gasteiger partial charge on any atom is 0.273 e. The van der Waals surface area contributed by atoms with Crippen LogP contribution in [0.25, 0.3) is 0 Å². The van der Waals surface area contributed by atoms with E-state index in [0.717, 1.165) is 6.42 Å². The normalized spacial score (nSPS) is 9.88. The van der Waals surface area contributed by atoms with Crippen LogP contribution in [-0.4, -0.2) is 35.8 Å². The minimum atomic E-state index is -0.407. The lowest BCUT2D eigenvalue weighted by Crippen LogP contribution is -2.28. The summed E-state index contributed by atoms with van der Waals surface area (Å²) in [5.74, 6) is -0.534. The van der Waals surface area contributed by atoms with E-state index in [1.54, 1.807) is 12.1 Å². The third-order valence-electron chi connectivity index (χ3n) is 2.00. The third kappa shape index (κ3) is 4.65. The van der Waals surface area contributed by atoms with E-state index in [4.69, 9.17) is 4.74 Å². The smallest absolute Gasteiger partial charge is 0.273 e. The van der Waals surface area contributed by atoms with Crippen LogP contribution in [0.5, 0.6) is 5.75 Å². The monoisotopic (exact) mass is 236 g/mol. The van der Waals surface area contributed by atoms with Gasteiger partial charge in [0.1, 0.15) is 5.75 Å². The van der Waals surface area contributed by atoms with Gasteiger partial charge in [-0.05, 0) is 18.6 Å². The van der Waals surface area contributed by atoms with Gasteiger partial charge in [-0.25, -0.2) is 4.98 Å². The largest absolute Gasteiger partial charge is 0.505 e. The minimum absolute atomic E-state index is 0.0265. The van der Waals surface area contributed by atoms with Gasteiger partial charge in [0.15, 0.2) is 5.69 Å². The van der Waals surface area contributed by atoms with Crippen LogP contribution >= 0.6 is 0 Å². The lowest BCUT2D eigenvalue weighted by Gasteiger charge is -2.06. The Balaban J connectivity index is 2.26. The van der Waals surface area contributed by atoms with Gasteiger partial charge in [0, 0.05) is 12.7 Å². The predicted molar refractivity (Wildman–Crippen MR) is 63.9 cm³/mol. The number of hydrogen-bond donors (Lipinski definition) is 2. The second-order valence-electron chi connectivity index (χ2n) is 3.32. The summed E-state index contributed by atoms with van der Waals surface area (Å²) in [5.41, 5.74) is 0.0265. The summed E-state index contributed by atoms with van der Waals surface area (Å²) in [4.78, 5) is 15.3. The highest BCUT2D eigenvalue weighted by molar-refractivity contribution is 5.94. The zero-order valence-electron chi connectivity index (χ0n) is 9.56. The molecule has 0 unspecified atom stereocenters. The first-order valence-corrected chi connectivity index (χ1v) is 5.36. The predicted octanol–water partition coefficient (Wildman–Crippen LogP) is 1.11. The fourth-order valence-electron chi connectivity index (χ4n) is 1.16. The Morgan fingerprint density at radius 2 is 2.41 bits per heavy atom. The molecule has 1 amide bonds. The molecule has 0 spiro atoms. The van der Waals surface area contributed by atoms with Gasteiger partial charge in [0.2, 0.25) is 0 Å². The molecule has 5 heteroatoms. The molecule has 0 aliphatic heterocycles. The molecule has 0 aliphatic rings. The average molecular weight is 236 g/mol. The summed E-state index contributed by atoms with van der Waals surface area (Å²) in [6, 6.07) is 2.98. The molecule has 0 fully saturated rings. The van der Waals surface area contributed by atoms with Crippen LogP contribution in [0, 0.1) is 0 Å². The maximum absolute atomic E-state index is 11.5. The van der Waals surface area contributed by atoms with Gasteiger partial charge in [-0.1, -0.05) is 6.08 Å². The van der Waals surface area contributed by atoms with Crippen LogP contribution in [0.2, 0.25) is 0 Å². The molecule has 0 atom stereocenters. The highest BCUT2D eigenvalue weighted by Gasteiger charge is 2.10. The summed E-state index contributed by atoms with van der Waals surface area (Å²) >= 11 is 0. The van der Waals surface area contributed by atoms with Gasteiger partial charge in [-0.15, -0.1) is 6.58 Å². The molecule has 2 N–H and O–H groups in total. The Morgan fingerprint density at radius 3 is 3.12 bits per heavy atom. The number of carbonyl (C=O) groups is 1. The quantitative estimate of drug-likeness (QED) is 0.549. The molecule has 0 aliphatic carbocycles. The average Bonchev–Trinajstić information content (AvgIpc) is 2.34. The number of ether oxygens (including phenoxy) is 1. The van der Waals surface area contributed by atoms with E-state index in [-0.39, 0.29) is 11.4 Å². The highest BCUT2D eigenvalue weighted by atomic mass is 16.5. The molecule has 0 saturated carbocycles. The fraction of sp³-hybridized carbons (Fsp3) is 0.333. The molecule has 17 heavy (non-hydrogen) atoms. The number of hydrogen-bond acceptors (Lipinski definition) is 4. The van der Waals surface area contributed by atoms with E-state index >= 15 is 0 Å². The zero-order chi connectivity index (χ0) is 12.5. The van der Waals surface area contributed by atoms with Crippen molar-refractivity contribution in [2.45, 2.75) is 6.42 Å². The fourth-order valence-corrected chi connectivity index (χ4v) is 1.16. The maximum atomic E-state index is 11.5. The van der Waals surface area contributed by atoms with Crippen LogP contribution in [0.3, 0.4) is 0 Å². The van der Waals surface area contributed by atoms with Crippen LogP contribution in [-0.2, 0) is 4.74 Å². The molecule has 1 aromatic rings. The molecule has 0 bridgehead atoms. The van der Waals surface area contributed by atoms with E-state index in [9.17, 15) is 9.90 Å². The first kappa shape index (κ1) is 13.2. The number of aromatic hydroxyl groups is 1. The molecular formula is C12H16N2O3. The van der Waals surface area contributed by atoms with Gasteiger partial charge < -0.3 is 15.2 Å². The van der Waals surface area contributed by atoms with E-state index < -0.39 is 5.91 Å². The summed E-state index contributed by atoms with van der Waals surface area (Å²) < 4.78 is 5.22. The second kappa shape index (κ2) is 7.40. The summed E-state index contributed by atoms with van der Waals surface area (Å²) in [6.45, 7) is 4.97. The standard InChI is InChI=1S/C12H16N2O3/c1-2-3-8-17-9-7-14-12(16)11-10(15)5-4-6-13-11/h2,4-6,15H,1,3,7-9H2,(H,14,16). The first-order valence-electron chi connectivity index (χ1n) is 5.36. The van der Waals surface area contributed by atoms with Crippen molar-refractivity contribution in [3.05, 3.63) is 36.7 Å². The van der Waals surface area contributed by atoms with Gasteiger partial charge in [-0.2, -0.15) is 0 Å². The van der Waals surface area contributed by atoms with Gasteiger partial charge in [0.05, 0.1) is 13.2 Å². The zero-order valence-corrected chi connectivity index (χ0v) is 9.56. The molecule has 1 rings (SSSR count). The highest BCUT2D eigenvalue weighted by Crippen LogP contribution is 2.11. The van der Waals surface area contributed by atoms with Crippen LogP contribution in [0.15, 0.2) is 31.0 Å². The van der Waals surface area contributed by atoms with Crippen molar-refractivity contribution in [3.63, 3.8) is 0 Å². The van der Waals surface area contributed by atoms with Crippen molar-refractivity contribution in [3.8, 4) is 5.75 Å². The Hall–Kier alpha value is -1.88. The van der Waals surface area contributed by atoms with Crippen molar-refractivity contribution in [2.75, 3.05) is 19.8 Å². The molecule has 5 nitrogen and oxygen atoms in total. The van der Waals surface area contributed by atoms with Crippen molar-refractivity contribution < 1.29 is 14.6 Å². The molecule has 0 aromatic carbocycles. The SMILES string of the molecule is C=CCCOCCNC(=O)c1ncccc1O. The summed E-state index contributed by atoms with van der Waals surface area (Å²) in [7, 11) is 0. The first-order chi connectivity index (χ1) is 8.25. The third-order valence-corrected chi connectivity index (χ3v) is 2.00. The minimum Gasteiger partial charge on any atom is -0.505 e. The van der Waals surface area contributed by atoms with Crippen LogP contribution < -0.4 is 5.32 Å². The van der Waals surface area contributed by atoms with E-state index in [2.05, 4.69) is 16.9 Å². The van der Waals surface area contributed by atoms with Gasteiger partial charge in [-0.3, -0.25) is 4.79 Å². The summed E-state index contributed by atoms with van der Waals surface area (Å²) in [5, 5.41) is 12.0. The Kier molecular flexibility index (Phi) is 5.74. The van der Waals surface area contributed by atoms with Crippen molar-refractivity contribution in [1.82, 2.24) is 10.3 Å². The lowest BCUT2D eigenvalue weighted by molar-refractivity contribution is 0.0910. The number of nitrogens with zero attached hydrogens (tertiary/aromatic N) is 1. The number of aromatic nitrogens is 1. The molecule has 0 radical (unpaired) electrons. The Bertz CT molecular complexity index is 380. The van der Waals surface area contributed by atoms with Gasteiger partial charge in [0.25, 0.3) is 5.91 Å². The number of nitrogens with one attached hydrogen (secondary N) is 1. The van der Waals surface area contributed by atoms with Crippen molar-refractivity contribution in [1.29, 1.82) is 0 Å². The number of carbonyl (C=O) groups excluding carboxylic acids is 1. The van der Waals surface area contributed by atoms with Crippen LogP contribution in [0.4, 0.5) is 0 Å². The molecule has 92 valence electrons. The van der Waals surface area contributed by atoms with Gasteiger partial charge >= 0.3 is 0 Å². The van der Waals surface area contributed by atoms with E-state index in [1.165, 1.54) is 12.3 Å². The second-order valence-corrected chi connectivity index (χ2v) is 3.32. The van der Waals surface area contributed by atoms with E-state index in [0.29, 0.717) is 19.8 Å².